The van der Waals surface area contributed by atoms with E-state index >= 15 is 0 Å². The minimum absolute atomic E-state index is 0. The van der Waals surface area contributed by atoms with Gasteiger partial charge in [-0.2, -0.15) is 0 Å². The standard InChI is InChI=1S/C12H18.Mg.2H/c1-7-8(2)10(4)12(6)11(5)9(7)3;;;/h1-6H3;;;/q;+2;2*-1. The third kappa shape index (κ3) is 2.08. The van der Waals surface area contributed by atoms with Gasteiger partial charge in [0, 0.05) is 0 Å². The van der Waals surface area contributed by atoms with E-state index in [0.29, 0.717) is 0 Å². The van der Waals surface area contributed by atoms with E-state index in [-0.39, 0.29) is 25.9 Å². The van der Waals surface area contributed by atoms with Crippen LogP contribution in [-0.4, -0.2) is 23.1 Å². The summed E-state index contributed by atoms with van der Waals surface area (Å²) in [6.45, 7) is 13.3. The van der Waals surface area contributed by atoms with Gasteiger partial charge in [0.2, 0.25) is 0 Å². The van der Waals surface area contributed by atoms with Crippen molar-refractivity contribution in [2.24, 2.45) is 0 Å². The second-order valence-corrected chi connectivity index (χ2v) is 3.75. The molecule has 0 nitrogen and oxygen atoms in total. The molecule has 1 rings (SSSR count). The maximum absolute atomic E-state index is 2.21. The fourth-order valence-electron chi connectivity index (χ4n) is 1.69. The molecule has 0 aliphatic carbocycles. The first-order valence-corrected chi connectivity index (χ1v) is 4.50. The normalized spacial score (nSPS) is 9.69. The first kappa shape index (κ1) is 13.0. The van der Waals surface area contributed by atoms with Crippen molar-refractivity contribution in [3.05, 3.63) is 33.4 Å². The third-order valence-corrected chi connectivity index (χ3v) is 3.38. The van der Waals surface area contributed by atoms with E-state index in [9.17, 15) is 0 Å². The molecule has 0 atom stereocenters. The van der Waals surface area contributed by atoms with Gasteiger partial charge in [0.25, 0.3) is 0 Å². The zero-order valence-corrected chi connectivity index (χ0v) is 11.1. The molecule has 0 aliphatic rings. The van der Waals surface area contributed by atoms with Gasteiger partial charge in [-0.15, -0.1) is 0 Å². The average molecular weight is 189 g/mol. The zero-order valence-electron chi connectivity index (χ0n) is 11.7. The summed E-state index contributed by atoms with van der Waals surface area (Å²) < 4.78 is 0. The molecule has 0 bridgehead atoms. The van der Waals surface area contributed by atoms with Gasteiger partial charge in [-0.05, 0) is 74.9 Å². The van der Waals surface area contributed by atoms with E-state index in [2.05, 4.69) is 41.5 Å². The Labute approximate surface area is 101 Å². The molecule has 0 fully saturated rings. The van der Waals surface area contributed by atoms with E-state index < -0.39 is 0 Å². The molecule has 0 N–H and O–H groups in total. The first-order chi connectivity index (χ1) is 5.46. The minimum atomic E-state index is 0. The summed E-state index contributed by atoms with van der Waals surface area (Å²) in [4.78, 5) is 0. The van der Waals surface area contributed by atoms with Crippen LogP contribution in [0.15, 0.2) is 0 Å². The molecule has 0 aliphatic heterocycles. The van der Waals surface area contributed by atoms with Crippen molar-refractivity contribution < 1.29 is 2.85 Å². The van der Waals surface area contributed by atoms with Gasteiger partial charge < -0.3 is 2.85 Å². The van der Waals surface area contributed by atoms with Crippen LogP contribution in [0.5, 0.6) is 0 Å². The summed E-state index contributed by atoms with van der Waals surface area (Å²) in [6.07, 6.45) is 0. The van der Waals surface area contributed by atoms with Gasteiger partial charge in [-0.1, -0.05) is 0 Å². The molecule has 0 amide bonds. The van der Waals surface area contributed by atoms with Crippen molar-refractivity contribution in [2.45, 2.75) is 41.5 Å². The summed E-state index contributed by atoms with van der Waals surface area (Å²) in [7, 11) is 0. The monoisotopic (exact) mass is 188 g/mol. The molecule has 1 heteroatoms. The molecule has 1 aromatic rings. The van der Waals surface area contributed by atoms with Gasteiger partial charge in [0.15, 0.2) is 0 Å². The van der Waals surface area contributed by atoms with Crippen molar-refractivity contribution in [3.8, 4) is 0 Å². The summed E-state index contributed by atoms with van der Waals surface area (Å²) in [5, 5.41) is 0. The summed E-state index contributed by atoms with van der Waals surface area (Å²) in [5.41, 5.74) is 8.73. The van der Waals surface area contributed by atoms with Crippen LogP contribution in [0.1, 0.15) is 36.2 Å². The Kier molecular flexibility index (Phi) is 4.47. The van der Waals surface area contributed by atoms with Crippen LogP contribution in [0, 0.1) is 41.5 Å². The summed E-state index contributed by atoms with van der Waals surface area (Å²) in [5.74, 6) is 0. The van der Waals surface area contributed by atoms with Gasteiger partial charge in [0.1, 0.15) is 0 Å². The molecule has 0 aromatic heterocycles. The Bertz CT molecular complexity index is 228. The Morgan fingerprint density at radius 3 is 0.615 bits per heavy atom. The van der Waals surface area contributed by atoms with E-state index in [1.165, 1.54) is 33.4 Å². The SMILES string of the molecule is Cc1c(C)c(C)c(C)c(C)c1C.[H-].[H-].[Mg+2]. The molecule has 70 valence electrons. The molecular weight excluding hydrogens is 168 g/mol. The summed E-state index contributed by atoms with van der Waals surface area (Å²) >= 11 is 0. The molecule has 13 heavy (non-hydrogen) atoms. The van der Waals surface area contributed by atoms with Crippen LogP contribution < -0.4 is 0 Å². The van der Waals surface area contributed by atoms with Crippen LogP contribution in [0.2, 0.25) is 0 Å². The maximum Gasteiger partial charge on any atom is 2.00 e. The van der Waals surface area contributed by atoms with Crippen molar-refractivity contribution >= 4 is 23.1 Å². The minimum Gasteiger partial charge on any atom is -1.00 e. The molecule has 0 saturated heterocycles. The van der Waals surface area contributed by atoms with Crippen LogP contribution >= 0.6 is 0 Å². The van der Waals surface area contributed by atoms with Crippen LogP contribution in [0.4, 0.5) is 0 Å². The average Bonchev–Trinajstić information content (AvgIpc) is 2.08. The van der Waals surface area contributed by atoms with E-state index in [1.807, 2.05) is 0 Å². The van der Waals surface area contributed by atoms with Crippen molar-refractivity contribution in [2.75, 3.05) is 0 Å². The Balaban J connectivity index is -0.000000480. The quantitative estimate of drug-likeness (QED) is 0.548. The van der Waals surface area contributed by atoms with Crippen molar-refractivity contribution in [3.63, 3.8) is 0 Å². The van der Waals surface area contributed by atoms with Gasteiger partial charge >= 0.3 is 23.1 Å². The maximum atomic E-state index is 2.21. The summed E-state index contributed by atoms with van der Waals surface area (Å²) in [6, 6.07) is 0. The van der Waals surface area contributed by atoms with Gasteiger partial charge in [-0.25, -0.2) is 0 Å². The molecule has 1 aromatic carbocycles. The number of benzene rings is 1. The Morgan fingerprint density at radius 2 is 0.538 bits per heavy atom. The zero-order chi connectivity index (χ0) is 9.46. The first-order valence-electron chi connectivity index (χ1n) is 4.50. The topological polar surface area (TPSA) is 0 Å². The van der Waals surface area contributed by atoms with Gasteiger partial charge in [-0.3, -0.25) is 0 Å². The number of hydrogen-bond acceptors (Lipinski definition) is 0. The molecule has 0 radical (unpaired) electrons. The van der Waals surface area contributed by atoms with E-state index in [0.717, 1.165) is 0 Å². The molecule has 0 saturated carbocycles. The van der Waals surface area contributed by atoms with E-state index in [1.54, 1.807) is 0 Å². The van der Waals surface area contributed by atoms with Crippen molar-refractivity contribution in [1.82, 2.24) is 0 Å². The fraction of sp³-hybridized carbons (Fsp3) is 0.500. The van der Waals surface area contributed by atoms with E-state index in [4.69, 9.17) is 0 Å². The molecule has 0 unspecified atom stereocenters. The molecule has 0 heterocycles. The Morgan fingerprint density at radius 1 is 0.462 bits per heavy atom. The Hall–Kier alpha value is -0.0138. The molecular formula is C12H20Mg. The smallest absolute Gasteiger partial charge is 1.00 e. The van der Waals surface area contributed by atoms with Crippen molar-refractivity contribution in [1.29, 1.82) is 0 Å². The number of hydrogen-bond donors (Lipinski definition) is 0. The van der Waals surface area contributed by atoms with Crippen LogP contribution in [0.25, 0.3) is 0 Å². The van der Waals surface area contributed by atoms with Gasteiger partial charge in [0.05, 0.1) is 0 Å². The van der Waals surface area contributed by atoms with Crippen LogP contribution in [0.3, 0.4) is 0 Å². The second-order valence-electron chi connectivity index (χ2n) is 3.75. The van der Waals surface area contributed by atoms with Crippen LogP contribution in [-0.2, 0) is 0 Å². The fourth-order valence-corrected chi connectivity index (χ4v) is 1.69. The predicted octanol–water partition coefficient (Wildman–Crippen LogP) is 3.38. The largest absolute Gasteiger partial charge is 2.00 e. The third-order valence-electron chi connectivity index (χ3n) is 3.38. The molecule has 0 spiro atoms. The second kappa shape index (κ2) is 4.47. The predicted molar refractivity (Wildman–Crippen MR) is 62.8 cm³/mol. The number of rotatable bonds is 0.